The molecule has 4 atom stereocenters. The molecule has 0 spiro atoms. The highest BCUT2D eigenvalue weighted by Gasteiger charge is 2.36. The monoisotopic (exact) mass is 1210 g/mol. The maximum atomic E-state index is 14.7. The molecule has 2 aliphatic heterocycles. The van der Waals surface area contributed by atoms with Gasteiger partial charge in [-0.05, 0) is 84.0 Å². The number of fused-ring (bicyclic) bond motifs is 1. The van der Waals surface area contributed by atoms with Gasteiger partial charge in [-0.3, -0.25) is 73.0 Å². The highest BCUT2D eigenvalue weighted by atomic mass is 16.4. The molecule has 0 aliphatic carbocycles. The Bertz CT molecular complexity index is 3040. The fourth-order valence-corrected chi connectivity index (χ4v) is 10.3. The Morgan fingerprint density at radius 1 is 0.598 bits per heavy atom. The number of rotatable bonds is 23. The smallest absolute Gasteiger partial charge is 0.317 e. The molecule has 27 nitrogen and oxygen atoms in total. The molecule has 0 saturated carbocycles. The van der Waals surface area contributed by atoms with E-state index in [-0.39, 0.29) is 141 Å². The number of nitrogens with two attached hydrogens (primary N) is 1. The minimum Gasteiger partial charge on any atom is -0.508 e. The van der Waals surface area contributed by atoms with E-state index in [0.717, 1.165) is 10.8 Å². The zero-order valence-corrected chi connectivity index (χ0v) is 48.7. The molecule has 87 heavy (non-hydrogen) atoms. The normalized spacial score (nSPS) is 19.6. The molecule has 0 bridgehead atoms. The summed E-state index contributed by atoms with van der Waals surface area (Å²) in [7, 11) is 1.38. The van der Waals surface area contributed by atoms with Gasteiger partial charge >= 0.3 is 17.9 Å². The molecule has 0 unspecified atom stereocenters. The van der Waals surface area contributed by atoms with E-state index in [1.165, 1.54) is 48.3 Å². The molecule has 2 aliphatic rings. The van der Waals surface area contributed by atoms with Crippen LogP contribution in [0, 0.1) is 5.41 Å². The van der Waals surface area contributed by atoms with Crippen LogP contribution in [0.25, 0.3) is 10.8 Å². The van der Waals surface area contributed by atoms with Crippen molar-refractivity contribution in [3.63, 3.8) is 0 Å². The van der Waals surface area contributed by atoms with Gasteiger partial charge in [0.15, 0.2) is 0 Å². The van der Waals surface area contributed by atoms with Crippen LogP contribution in [0.2, 0.25) is 0 Å². The number of benzene rings is 4. The molecule has 2 fully saturated rings. The van der Waals surface area contributed by atoms with E-state index in [1.807, 2.05) is 42.5 Å². The molecule has 7 amide bonds. The summed E-state index contributed by atoms with van der Waals surface area (Å²) in [5.41, 5.74) is 7.44. The number of nitrogens with zero attached hydrogens (tertiary/aromatic N) is 5. The molecule has 468 valence electrons. The van der Waals surface area contributed by atoms with E-state index in [4.69, 9.17) is 11.1 Å². The number of phenolic OH excluding ortho intramolecular Hbond substituents is 1. The standard InChI is InChI=1S/C60H79N13O14/c1-69-49(10-6-22-63-56(83)42-16-18-44(19-17-42)65-52(76)35-70-23-25-71(36-53(77)78)27-29-73(38-55(81)82)30-28-72(26-24-70)37-54(79)80)59(86)67-46(9-4-5-11-50(61)62)58(85)68-47(33-40-12-15-41-7-2-3-8-43(41)31-40)57(84)64-34-51(75)66-48(60(69)87)32-39-13-20-45(74)21-14-39/h2-3,7-8,12-21,31,46-49,74H,4-6,9-11,22-30,32-38H2,1H3,(H3,61,62)(H,63,83)(H,64,84)(H,65,76)(H,66,75)(H,67,86)(H,68,85)(H,77,78)(H,79,80)(H,81,82)/t46-,47-,48+,49+/m0/s1. The summed E-state index contributed by atoms with van der Waals surface area (Å²) in [5.74, 6) is -7.86. The van der Waals surface area contributed by atoms with E-state index in [9.17, 15) is 68.4 Å². The predicted molar refractivity (Wildman–Crippen MR) is 321 cm³/mol. The van der Waals surface area contributed by atoms with Crippen LogP contribution in [0.3, 0.4) is 0 Å². The minimum atomic E-state index is -1.29. The molecule has 0 aromatic heterocycles. The van der Waals surface area contributed by atoms with Crippen molar-refractivity contribution in [2.45, 2.75) is 75.5 Å². The van der Waals surface area contributed by atoms with Crippen LogP contribution in [0.4, 0.5) is 5.69 Å². The number of carbonyl (C=O) groups excluding carboxylic acids is 7. The lowest BCUT2D eigenvalue weighted by atomic mass is 10.00. The Morgan fingerprint density at radius 3 is 1.71 bits per heavy atom. The zero-order chi connectivity index (χ0) is 63.0. The van der Waals surface area contributed by atoms with Crippen molar-refractivity contribution < 1.29 is 68.4 Å². The quantitative estimate of drug-likeness (QED) is 0.0261. The molecule has 13 N–H and O–H groups in total. The minimum absolute atomic E-state index is 0.000209. The van der Waals surface area contributed by atoms with Gasteiger partial charge in [0.1, 0.15) is 29.9 Å². The van der Waals surface area contributed by atoms with Crippen molar-refractivity contribution in [3.8, 4) is 5.75 Å². The molecule has 4 aromatic rings. The first-order valence-corrected chi connectivity index (χ1v) is 28.8. The van der Waals surface area contributed by atoms with Crippen molar-refractivity contribution in [3.05, 3.63) is 108 Å². The number of nitrogens with one attached hydrogen (secondary N) is 7. The van der Waals surface area contributed by atoms with Crippen LogP contribution >= 0.6 is 0 Å². The number of carboxylic acid groups (broad SMARTS) is 3. The van der Waals surface area contributed by atoms with E-state index < -0.39 is 90.0 Å². The topological polar surface area (TPSA) is 390 Å². The van der Waals surface area contributed by atoms with Crippen molar-refractivity contribution in [2.24, 2.45) is 5.73 Å². The highest BCUT2D eigenvalue weighted by molar-refractivity contribution is 5.98. The van der Waals surface area contributed by atoms with E-state index in [2.05, 4.69) is 31.9 Å². The number of carboxylic acids is 3. The summed E-state index contributed by atoms with van der Waals surface area (Å²) in [5, 5.41) is 64.8. The number of unbranched alkanes of at least 4 members (excludes halogenated alkanes) is 1. The van der Waals surface area contributed by atoms with Crippen LogP contribution in [-0.4, -0.2) is 233 Å². The molecular weight excluding hydrogens is 1130 g/mol. The van der Waals surface area contributed by atoms with Crippen LogP contribution in [0.5, 0.6) is 5.75 Å². The summed E-state index contributed by atoms with van der Waals surface area (Å²) in [4.78, 5) is 141. The van der Waals surface area contributed by atoms with Gasteiger partial charge in [0.05, 0.1) is 38.6 Å². The lowest BCUT2D eigenvalue weighted by molar-refractivity contribution is -0.142. The SMILES string of the molecule is CN1C(=O)[C@@H](Cc2ccc(O)cc2)NC(=O)CNC(=O)[C@H](Cc2ccc3ccccc3c2)NC(=O)[C@H](CCCCC(=N)N)NC(=O)[C@H]1CCCNC(=O)c1ccc(NC(=O)CN2CCN(CC(=O)O)CCN(CC(=O)O)CCN(CC(=O)O)CC2)cc1. The van der Waals surface area contributed by atoms with Crippen LogP contribution < -0.4 is 37.6 Å². The Kier molecular flexibility index (Phi) is 25.9. The van der Waals surface area contributed by atoms with Crippen molar-refractivity contribution >= 4 is 81.6 Å². The highest BCUT2D eigenvalue weighted by Crippen LogP contribution is 2.19. The number of amides is 7. The molecule has 2 heterocycles. The molecular formula is C60H79N13O14. The summed E-state index contributed by atoms with van der Waals surface area (Å²) >= 11 is 0. The number of anilines is 1. The first kappa shape index (κ1) is 67.1. The molecule has 27 heteroatoms. The predicted octanol–water partition coefficient (Wildman–Crippen LogP) is -0.138. The third kappa shape index (κ3) is 22.7. The third-order valence-corrected chi connectivity index (χ3v) is 15.0. The van der Waals surface area contributed by atoms with Gasteiger partial charge in [0.25, 0.3) is 5.91 Å². The summed E-state index contributed by atoms with van der Waals surface area (Å²) in [6, 6.07) is 20.2. The van der Waals surface area contributed by atoms with E-state index in [0.29, 0.717) is 29.7 Å². The fraction of sp³-hybridized carbons (Fsp3) is 0.450. The number of aliphatic carboxylic acids is 3. The van der Waals surface area contributed by atoms with Gasteiger partial charge in [-0.1, -0.05) is 61.0 Å². The first-order valence-electron chi connectivity index (χ1n) is 28.8. The molecule has 4 aromatic carbocycles. The van der Waals surface area contributed by atoms with E-state index >= 15 is 0 Å². The molecule has 6 rings (SSSR count). The Hall–Kier alpha value is -9.05. The number of hydrogen-bond donors (Lipinski definition) is 12. The number of carbonyl (C=O) groups is 10. The van der Waals surface area contributed by atoms with Crippen LogP contribution in [-0.2, 0) is 56.0 Å². The number of likely N-dealkylation sites (N-methyl/N-ethyl adjacent to an activating group) is 1. The number of amidine groups is 1. The number of aromatic hydroxyl groups is 1. The number of phenols is 1. The van der Waals surface area contributed by atoms with Gasteiger partial charge in [-0.2, -0.15) is 0 Å². The maximum Gasteiger partial charge on any atom is 0.317 e. The summed E-state index contributed by atoms with van der Waals surface area (Å²) in [6.45, 7) is 0.0927. The second-order valence-electron chi connectivity index (χ2n) is 21.8. The fourth-order valence-electron chi connectivity index (χ4n) is 10.3. The first-order chi connectivity index (χ1) is 41.6. The van der Waals surface area contributed by atoms with Crippen molar-refractivity contribution in [1.29, 1.82) is 5.41 Å². The average Bonchev–Trinajstić information content (AvgIpc) is 3.64. The second-order valence-corrected chi connectivity index (χ2v) is 21.8. The van der Waals surface area contributed by atoms with Gasteiger partial charge in [-0.25, -0.2) is 0 Å². The Labute approximate surface area is 503 Å². The Balaban J connectivity index is 1.15. The molecule has 0 radical (unpaired) electrons. The van der Waals surface area contributed by atoms with E-state index in [1.54, 1.807) is 31.7 Å². The molecule has 2 saturated heterocycles. The van der Waals surface area contributed by atoms with Crippen LogP contribution in [0.15, 0.2) is 91.0 Å². The lowest BCUT2D eigenvalue weighted by Gasteiger charge is -2.32. The van der Waals surface area contributed by atoms with Crippen LogP contribution in [0.1, 0.15) is 60.0 Å². The summed E-state index contributed by atoms with van der Waals surface area (Å²) in [6.07, 6.45) is 1.00. The van der Waals surface area contributed by atoms with Gasteiger partial charge in [-0.15, -0.1) is 0 Å². The Morgan fingerprint density at radius 2 is 1.14 bits per heavy atom. The number of hydrogen-bond acceptors (Lipinski definition) is 16. The lowest BCUT2D eigenvalue weighted by Crippen LogP contribution is -2.58. The largest absolute Gasteiger partial charge is 0.508 e. The average molecular weight is 1210 g/mol. The van der Waals surface area contributed by atoms with Crippen molar-refractivity contribution in [2.75, 3.05) is 104 Å². The maximum absolute atomic E-state index is 14.7. The van der Waals surface area contributed by atoms with Gasteiger partial charge < -0.3 is 63.0 Å². The van der Waals surface area contributed by atoms with Gasteiger partial charge in [0.2, 0.25) is 35.4 Å². The second kappa shape index (κ2) is 33.6. The third-order valence-electron chi connectivity index (χ3n) is 15.0. The van der Waals surface area contributed by atoms with Crippen molar-refractivity contribution in [1.82, 2.24) is 51.1 Å². The van der Waals surface area contributed by atoms with Gasteiger partial charge in [0, 0.05) is 96.5 Å². The summed E-state index contributed by atoms with van der Waals surface area (Å²) < 4.78 is 0. The zero-order valence-electron chi connectivity index (χ0n) is 48.7.